The number of aryl methyl sites for hydroxylation is 2. The first-order chi connectivity index (χ1) is 27.2. The van der Waals surface area contributed by atoms with Crippen LogP contribution in [0.2, 0.25) is 0 Å². The number of pyridine rings is 2. The van der Waals surface area contributed by atoms with E-state index in [-0.39, 0.29) is 36.6 Å². The number of furan rings is 1. The summed E-state index contributed by atoms with van der Waals surface area (Å²) >= 11 is 0. The number of hydrogen-bond acceptors (Lipinski definition) is 3. The molecule has 0 spiro atoms. The van der Waals surface area contributed by atoms with Gasteiger partial charge in [0.25, 0.3) is 0 Å². The third-order valence-electron chi connectivity index (χ3n) is 9.26. The third kappa shape index (κ3) is 6.68. The molecule has 3 heterocycles. The molecule has 0 aliphatic carbocycles. The van der Waals surface area contributed by atoms with Gasteiger partial charge in [0, 0.05) is 51.5 Å². The molecule has 3 aromatic heterocycles. The SMILES string of the molecule is CC(C)(C)c1ccnc(-c2[c-]ccc3c2oc2c3ccc3ccc4ccccc4c32)c1.[2H]C([2H])([2H])c1ccc(-c2[c-]cc(C([2H])([2H])[2H])c(-c3ccccc3)c2)nc1.[Ir]. The Morgan fingerprint density at radius 3 is 2.25 bits per heavy atom. The van der Waals surface area contributed by atoms with Crippen molar-refractivity contribution in [2.24, 2.45) is 0 Å². The maximum atomic E-state index is 7.77. The minimum absolute atomic E-state index is 0. The topological polar surface area (TPSA) is 38.9 Å². The molecule has 257 valence electrons. The first-order valence-corrected chi connectivity index (χ1v) is 16.9. The van der Waals surface area contributed by atoms with Crippen LogP contribution in [0.25, 0.3) is 77.1 Å². The van der Waals surface area contributed by atoms with Gasteiger partial charge < -0.3 is 14.4 Å². The number of hydrogen-bond donors (Lipinski definition) is 0. The van der Waals surface area contributed by atoms with Gasteiger partial charge in [0.1, 0.15) is 5.58 Å². The van der Waals surface area contributed by atoms with Crippen LogP contribution in [0.15, 0.2) is 144 Å². The molecule has 6 aromatic carbocycles. The van der Waals surface area contributed by atoms with Gasteiger partial charge in [0.2, 0.25) is 0 Å². The van der Waals surface area contributed by atoms with Crippen LogP contribution in [0.3, 0.4) is 0 Å². The molecule has 0 fully saturated rings. The second-order valence-corrected chi connectivity index (χ2v) is 13.7. The summed E-state index contributed by atoms with van der Waals surface area (Å²) in [4.78, 5) is 8.87. The van der Waals surface area contributed by atoms with Crippen molar-refractivity contribution in [3.63, 3.8) is 0 Å². The van der Waals surface area contributed by atoms with E-state index in [0.29, 0.717) is 16.8 Å². The Labute approximate surface area is 327 Å². The molecule has 9 rings (SSSR count). The van der Waals surface area contributed by atoms with Crippen molar-refractivity contribution in [2.75, 3.05) is 0 Å². The molecule has 3 nitrogen and oxygen atoms in total. The molecular weight excluding hydrogens is 813 g/mol. The van der Waals surface area contributed by atoms with Crippen LogP contribution in [0.1, 0.15) is 45.7 Å². The average molecular weight is 857 g/mol. The molecule has 0 N–H and O–H groups in total. The van der Waals surface area contributed by atoms with E-state index in [0.717, 1.165) is 44.1 Å². The van der Waals surface area contributed by atoms with Gasteiger partial charge in [-0.25, -0.2) is 0 Å². The summed E-state index contributed by atoms with van der Waals surface area (Å²) < 4.78 is 52.2. The van der Waals surface area contributed by atoms with Crippen molar-refractivity contribution in [1.29, 1.82) is 0 Å². The third-order valence-corrected chi connectivity index (χ3v) is 9.26. The van der Waals surface area contributed by atoms with E-state index in [1.165, 1.54) is 40.1 Å². The van der Waals surface area contributed by atoms with E-state index < -0.39 is 13.7 Å². The second-order valence-electron chi connectivity index (χ2n) is 13.7. The quantitative estimate of drug-likeness (QED) is 0.131. The molecule has 0 unspecified atom stereocenters. The van der Waals surface area contributed by atoms with E-state index in [1.807, 2.05) is 42.6 Å². The van der Waals surface area contributed by atoms with Gasteiger partial charge in [0.05, 0.1) is 5.58 Å². The maximum Gasteiger partial charge on any atom is 0.129 e. The average Bonchev–Trinajstić information content (AvgIpc) is 3.59. The largest absolute Gasteiger partial charge is 0.500 e. The van der Waals surface area contributed by atoms with E-state index in [4.69, 9.17) is 12.6 Å². The zero-order chi connectivity index (χ0) is 40.1. The van der Waals surface area contributed by atoms with Crippen molar-refractivity contribution < 1.29 is 32.7 Å². The molecule has 4 heteroatoms. The van der Waals surface area contributed by atoms with Crippen LogP contribution in [-0.2, 0) is 25.5 Å². The molecular formula is C48H38IrN2O-2. The molecule has 0 atom stereocenters. The predicted molar refractivity (Wildman–Crippen MR) is 213 cm³/mol. The predicted octanol–water partition coefficient (Wildman–Crippen LogP) is 12.9. The smallest absolute Gasteiger partial charge is 0.129 e. The number of fused-ring (bicyclic) bond motifs is 7. The van der Waals surface area contributed by atoms with Crippen molar-refractivity contribution in [3.05, 3.63) is 169 Å². The van der Waals surface area contributed by atoms with Crippen molar-refractivity contribution in [1.82, 2.24) is 9.97 Å². The Morgan fingerprint density at radius 2 is 1.46 bits per heavy atom. The molecule has 0 saturated carbocycles. The summed E-state index contributed by atoms with van der Waals surface area (Å²) in [6.07, 6.45) is 3.20. The molecule has 0 aliphatic heterocycles. The fraction of sp³-hybridized carbons (Fsp3) is 0.125. The summed E-state index contributed by atoms with van der Waals surface area (Å²) in [5.41, 5.74) is 7.75. The second kappa shape index (κ2) is 14.3. The number of benzene rings is 6. The maximum absolute atomic E-state index is 7.77. The summed E-state index contributed by atoms with van der Waals surface area (Å²) in [7, 11) is 0. The summed E-state index contributed by atoms with van der Waals surface area (Å²) in [6, 6.07) is 47.4. The van der Waals surface area contributed by atoms with Gasteiger partial charge in [0.15, 0.2) is 0 Å². The minimum atomic E-state index is -2.27. The fourth-order valence-corrected chi connectivity index (χ4v) is 6.56. The van der Waals surface area contributed by atoms with E-state index in [1.54, 1.807) is 12.1 Å². The molecule has 9 aromatic rings. The number of aromatic nitrogens is 2. The first-order valence-electron chi connectivity index (χ1n) is 19.9. The molecule has 0 amide bonds. The Balaban J connectivity index is 0.000000177. The molecule has 0 aliphatic rings. The Morgan fingerprint density at radius 1 is 0.673 bits per heavy atom. The van der Waals surface area contributed by atoms with Gasteiger partial charge in [-0.2, -0.15) is 0 Å². The van der Waals surface area contributed by atoms with Gasteiger partial charge in [-0.1, -0.05) is 141 Å². The zero-order valence-electron chi connectivity index (χ0n) is 34.9. The minimum Gasteiger partial charge on any atom is -0.500 e. The van der Waals surface area contributed by atoms with E-state index in [9.17, 15) is 0 Å². The molecule has 0 bridgehead atoms. The normalized spacial score (nSPS) is 13.6. The Hall–Kier alpha value is -5.41. The van der Waals surface area contributed by atoms with E-state index >= 15 is 0 Å². The monoisotopic (exact) mass is 857 g/mol. The standard InChI is InChI=1S/C29H22NO.C19H16N.Ir/c1-29(2,3)20-15-16-30-25(17-20)24-10-6-9-22-23-14-13-19-12-11-18-7-4-5-8-21(18)26(19)28(23)31-27(22)24;1-14-8-11-19(20-13-14)17-10-9-15(2)18(12-17)16-6-4-3-5-7-16;/h4-9,11-17H,1-3H3;3-9,11-13H,1-2H3;/q2*-1;/i;1D3,2D3;. The zero-order valence-corrected chi connectivity index (χ0v) is 31.3. The van der Waals surface area contributed by atoms with Gasteiger partial charge in [-0.05, 0) is 62.6 Å². The van der Waals surface area contributed by atoms with Crippen LogP contribution in [-0.4, -0.2) is 9.97 Å². The number of nitrogens with zero attached hydrogens (tertiary/aromatic N) is 2. The van der Waals surface area contributed by atoms with Crippen LogP contribution in [0, 0.1) is 25.8 Å². The summed E-state index contributed by atoms with van der Waals surface area (Å²) in [5.74, 6) is 0. The summed E-state index contributed by atoms with van der Waals surface area (Å²) in [5, 5.41) is 7.00. The summed E-state index contributed by atoms with van der Waals surface area (Å²) in [6.45, 7) is 2.17. The van der Waals surface area contributed by atoms with Crippen molar-refractivity contribution in [2.45, 2.75) is 39.9 Å². The van der Waals surface area contributed by atoms with Gasteiger partial charge in [-0.15, -0.1) is 47.5 Å². The Kier molecular flexibility index (Phi) is 7.76. The van der Waals surface area contributed by atoms with Crippen LogP contribution in [0.5, 0.6) is 0 Å². The van der Waals surface area contributed by atoms with Gasteiger partial charge in [-0.3, -0.25) is 0 Å². The van der Waals surface area contributed by atoms with Crippen LogP contribution in [0.4, 0.5) is 0 Å². The first kappa shape index (κ1) is 28.2. The van der Waals surface area contributed by atoms with Crippen molar-refractivity contribution in [3.8, 4) is 33.6 Å². The van der Waals surface area contributed by atoms with Crippen LogP contribution >= 0.6 is 0 Å². The fourth-order valence-electron chi connectivity index (χ4n) is 6.56. The van der Waals surface area contributed by atoms with Gasteiger partial charge >= 0.3 is 0 Å². The van der Waals surface area contributed by atoms with Crippen LogP contribution < -0.4 is 0 Å². The molecule has 52 heavy (non-hydrogen) atoms. The molecule has 0 saturated heterocycles. The van der Waals surface area contributed by atoms with E-state index in [2.05, 4.69) is 110 Å². The Bertz CT molecular complexity index is 2910. The van der Waals surface area contributed by atoms with Crippen molar-refractivity contribution >= 4 is 43.5 Å². The number of rotatable bonds is 3. The molecule has 1 radical (unpaired) electrons.